The molecule has 0 radical (unpaired) electrons. The molecule has 112 valence electrons. The van der Waals surface area contributed by atoms with Gasteiger partial charge in [-0.2, -0.15) is 4.73 Å². The third-order valence-electron chi connectivity index (χ3n) is 3.63. The molecule has 0 bridgehead atoms. The van der Waals surface area contributed by atoms with E-state index in [1.54, 1.807) is 6.20 Å². The van der Waals surface area contributed by atoms with Crippen molar-refractivity contribution in [2.45, 2.75) is 25.3 Å². The van der Waals surface area contributed by atoms with E-state index in [4.69, 9.17) is 0 Å². The number of hydrogen-bond acceptors (Lipinski definition) is 3. The van der Waals surface area contributed by atoms with Gasteiger partial charge in [0.25, 0.3) is 0 Å². The van der Waals surface area contributed by atoms with E-state index in [1.807, 2.05) is 37.7 Å². The topological polar surface area (TPSA) is 30.2 Å². The summed E-state index contributed by atoms with van der Waals surface area (Å²) in [7, 11) is 2.14. The first-order valence-corrected chi connectivity index (χ1v) is 8.11. The molecular formula is C17H22N2OS. The highest BCUT2D eigenvalue weighted by Crippen LogP contribution is 2.22. The number of hydrogen-bond donors (Lipinski definition) is 0. The molecule has 1 aromatic heterocycles. The molecule has 0 spiro atoms. The van der Waals surface area contributed by atoms with Crippen molar-refractivity contribution < 1.29 is 4.73 Å². The third kappa shape index (κ3) is 4.48. The summed E-state index contributed by atoms with van der Waals surface area (Å²) in [5.41, 5.74) is 3.21. The zero-order valence-corrected chi connectivity index (χ0v) is 13.7. The molecule has 1 heterocycles. The first-order chi connectivity index (χ1) is 10.1. The van der Waals surface area contributed by atoms with E-state index in [0.29, 0.717) is 0 Å². The van der Waals surface area contributed by atoms with Gasteiger partial charge in [-0.05, 0) is 19.5 Å². The Kier molecular flexibility index (Phi) is 5.65. The lowest BCUT2D eigenvalue weighted by Crippen LogP contribution is -2.30. The maximum absolute atomic E-state index is 11.5. The van der Waals surface area contributed by atoms with Crippen molar-refractivity contribution in [1.29, 1.82) is 0 Å². The van der Waals surface area contributed by atoms with Crippen LogP contribution in [0.2, 0.25) is 0 Å². The largest absolute Gasteiger partial charge is 0.619 e. The normalized spacial score (nSPS) is 11.0. The van der Waals surface area contributed by atoms with Gasteiger partial charge in [0.15, 0.2) is 11.9 Å². The van der Waals surface area contributed by atoms with Crippen LogP contribution in [-0.2, 0) is 6.54 Å². The Labute approximate surface area is 131 Å². The number of rotatable bonds is 6. The van der Waals surface area contributed by atoms with E-state index in [-0.39, 0.29) is 0 Å². The number of aromatic nitrogens is 1. The van der Waals surface area contributed by atoms with E-state index in [0.717, 1.165) is 34.8 Å². The van der Waals surface area contributed by atoms with E-state index >= 15 is 0 Å². The molecule has 2 rings (SSSR count). The van der Waals surface area contributed by atoms with Gasteiger partial charge in [-0.25, -0.2) is 0 Å². The first kappa shape index (κ1) is 15.9. The van der Waals surface area contributed by atoms with Crippen molar-refractivity contribution >= 4 is 11.8 Å². The van der Waals surface area contributed by atoms with Gasteiger partial charge in [-0.1, -0.05) is 30.3 Å². The van der Waals surface area contributed by atoms with Crippen LogP contribution in [0, 0.1) is 19.1 Å². The van der Waals surface area contributed by atoms with Crippen LogP contribution in [0.4, 0.5) is 0 Å². The van der Waals surface area contributed by atoms with Crippen LogP contribution >= 0.6 is 11.8 Å². The molecule has 0 N–H and O–H groups in total. The Bertz CT molecular complexity index is 587. The summed E-state index contributed by atoms with van der Waals surface area (Å²) >= 11 is 1.81. The van der Waals surface area contributed by atoms with Gasteiger partial charge < -0.3 is 10.1 Å². The fourth-order valence-corrected chi connectivity index (χ4v) is 3.30. The molecule has 21 heavy (non-hydrogen) atoms. The molecular weight excluding hydrogens is 280 g/mol. The Balaban J connectivity index is 1.83. The predicted octanol–water partition coefficient (Wildman–Crippen LogP) is 3.16. The quantitative estimate of drug-likeness (QED) is 0.466. The first-order valence-electron chi connectivity index (χ1n) is 7.12. The molecule has 0 fully saturated rings. The monoisotopic (exact) mass is 302 g/mol. The zero-order chi connectivity index (χ0) is 15.2. The molecule has 2 aromatic rings. The summed E-state index contributed by atoms with van der Waals surface area (Å²) < 4.78 is 0.931. The third-order valence-corrected chi connectivity index (χ3v) is 4.77. The standard InChI is InChI=1S/C17H22N2OS/c1-14-15(2)19(20)10-9-17(14)21-12-11-18(3)13-16-7-5-4-6-8-16/h4-10H,11-13H2,1-3H3. The Morgan fingerprint density at radius 1 is 1.14 bits per heavy atom. The molecule has 0 saturated carbocycles. The van der Waals surface area contributed by atoms with E-state index in [9.17, 15) is 5.21 Å². The van der Waals surface area contributed by atoms with Gasteiger partial charge in [0.2, 0.25) is 0 Å². The van der Waals surface area contributed by atoms with Crippen molar-refractivity contribution in [2.75, 3.05) is 19.3 Å². The highest BCUT2D eigenvalue weighted by molar-refractivity contribution is 7.99. The van der Waals surface area contributed by atoms with Crippen molar-refractivity contribution in [3.05, 3.63) is 64.6 Å². The summed E-state index contributed by atoms with van der Waals surface area (Å²) in [6.45, 7) is 5.87. The molecule has 0 aliphatic heterocycles. The highest BCUT2D eigenvalue weighted by Gasteiger charge is 2.09. The van der Waals surface area contributed by atoms with Gasteiger partial charge >= 0.3 is 0 Å². The lowest BCUT2D eigenvalue weighted by Gasteiger charge is -2.16. The molecule has 0 aliphatic carbocycles. The Hall–Kier alpha value is -1.52. The SMILES string of the molecule is Cc1c(SCCN(C)Cc2ccccc2)cc[n+]([O-])c1C. The number of nitrogens with zero attached hydrogens (tertiary/aromatic N) is 2. The summed E-state index contributed by atoms with van der Waals surface area (Å²) in [5, 5.41) is 11.5. The maximum atomic E-state index is 11.5. The molecule has 0 atom stereocenters. The van der Waals surface area contributed by atoms with Gasteiger partial charge in [-0.15, -0.1) is 11.8 Å². The van der Waals surface area contributed by atoms with Crippen LogP contribution in [0.25, 0.3) is 0 Å². The second-order valence-corrected chi connectivity index (χ2v) is 6.42. The van der Waals surface area contributed by atoms with E-state index in [2.05, 4.69) is 36.2 Å². The van der Waals surface area contributed by atoms with Crippen molar-refractivity contribution in [3.63, 3.8) is 0 Å². The van der Waals surface area contributed by atoms with Gasteiger partial charge in [0, 0.05) is 42.3 Å². The van der Waals surface area contributed by atoms with E-state index in [1.165, 1.54) is 10.5 Å². The molecule has 0 amide bonds. The second kappa shape index (κ2) is 7.48. The minimum absolute atomic E-state index is 0.789. The lowest BCUT2D eigenvalue weighted by molar-refractivity contribution is -0.613. The summed E-state index contributed by atoms with van der Waals surface area (Å²) in [6.07, 6.45) is 1.60. The van der Waals surface area contributed by atoms with Crippen LogP contribution in [-0.4, -0.2) is 24.2 Å². The van der Waals surface area contributed by atoms with Crippen LogP contribution < -0.4 is 4.73 Å². The fraction of sp³-hybridized carbons (Fsp3) is 0.353. The van der Waals surface area contributed by atoms with Crippen LogP contribution in [0.3, 0.4) is 0 Å². The Morgan fingerprint density at radius 2 is 1.86 bits per heavy atom. The average molecular weight is 302 g/mol. The second-order valence-electron chi connectivity index (χ2n) is 5.29. The van der Waals surface area contributed by atoms with Crippen molar-refractivity contribution in [3.8, 4) is 0 Å². The molecule has 0 saturated heterocycles. The maximum Gasteiger partial charge on any atom is 0.193 e. The fourth-order valence-electron chi connectivity index (χ4n) is 2.16. The minimum atomic E-state index is 0.789. The molecule has 0 aliphatic rings. The Morgan fingerprint density at radius 3 is 2.57 bits per heavy atom. The van der Waals surface area contributed by atoms with Gasteiger partial charge in [0.05, 0.1) is 0 Å². The summed E-state index contributed by atoms with van der Waals surface area (Å²) in [5.74, 6) is 1.02. The average Bonchev–Trinajstić information content (AvgIpc) is 2.48. The predicted molar refractivity (Wildman–Crippen MR) is 88.4 cm³/mol. The minimum Gasteiger partial charge on any atom is -0.619 e. The highest BCUT2D eigenvalue weighted by atomic mass is 32.2. The number of benzene rings is 1. The molecule has 1 aromatic carbocycles. The van der Waals surface area contributed by atoms with Crippen LogP contribution in [0.15, 0.2) is 47.5 Å². The number of thioether (sulfide) groups is 1. The summed E-state index contributed by atoms with van der Waals surface area (Å²) in [4.78, 5) is 3.52. The zero-order valence-electron chi connectivity index (χ0n) is 12.9. The van der Waals surface area contributed by atoms with Gasteiger partial charge in [0.1, 0.15) is 0 Å². The smallest absolute Gasteiger partial charge is 0.193 e. The van der Waals surface area contributed by atoms with Crippen molar-refractivity contribution in [1.82, 2.24) is 4.90 Å². The number of pyridine rings is 1. The lowest BCUT2D eigenvalue weighted by atomic mass is 10.2. The molecule has 3 nitrogen and oxygen atoms in total. The van der Waals surface area contributed by atoms with Gasteiger partial charge in [-0.3, -0.25) is 0 Å². The molecule has 4 heteroatoms. The van der Waals surface area contributed by atoms with E-state index < -0.39 is 0 Å². The molecule has 0 unspecified atom stereocenters. The summed E-state index contributed by atoms with van der Waals surface area (Å²) in [6, 6.07) is 12.4. The van der Waals surface area contributed by atoms with Crippen LogP contribution in [0.1, 0.15) is 16.8 Å². The van der Waals surface area contributed by atoms with Crippen molar-refractivity contribution in [2.24, 2.45) is 0 Å². The van der Waals surface area contributed by atoms with Crippen LogP contribution in [0.5, 0.6) is 0 Å².